The van der Waals surface area contributed by atoms with E-state index in [1.807, 2.05) is 11.9 Å². The Labute approximate surface area is 137 Å². The predicted octanol–water partition coefficient (Wildman–Crippen LogP) is 2.97. The van der Waals surface area contributed by atoms with Crippen LogP contribution < -0.4 is 0 Å². The van der Waals surface area contributed by atoms with Crippen LogP contribution in [0.15, 0.2) is 30.3 Å². The van der Waals surface area contributed by atoms with Gasteiger partial charge in [-0.1, -0.05) is 18.2 Å². The van der Waals surface area contributed by atoms with Crippen LogP contribution in [0.25, 0.3) is 10.9 Å². The maximum atomic E-state index is 12.2. The Balaban J connectivity index is 1.34. The van der Waals surface area contributed by atoms with Crippen LogP contribution in [0.1, 0.15) is 37.3 Å². The summed E-state index contributed by atoms with van der Waals surface area (Å²) in [5, 5.41) is 1.30. The summed E-state index contributed by atoms with van der Waals surface area (Å²) < 4.78 is 0. The molecule has 1 aromatic heterocycles. The van der Waals surface area contributed by atoms with Crippen LogP contribution in [-0.2, 0) is 4.79 Å². The van der Waals surface area contributed by atoms with Crippen molar-refractivity contribution in [3.63, 3.8) is 0 Å². The molecule has 0 radical (unpaired) electrons. The molecular weight excluding hydrogens is 286 g/mol. The van der Waals surface area contributed by atoms with Gasteiger partial charge in [0.25, 0.3) is 0 Å². The molecule has 2 aromatic rings. The zero-order chi connectivity index (χ0) is 15.8. The molecule has 4 rings (SSSR count). The number of nitrogens with one attached hydrogen (secondary N) is 1. The molecule has 1 aromatic carbocycles. The van der Waals surface area contributed by atoms with Crippen LogP contribution in [0.5, 0.6) is 0 Å². The zero-order valence-corrected chi connectivity index (χ0v) is 13.8. The number of aromatic amines is 1. The van der Waals surface area contributed by atoms with E-state index in [1.165, 1.54) is 29.4 Å². The van der Waals surface area contributed by atoms with Crippen molar-refractivity contribution in [1.29, 1.82) is 0 Å². The Hall–Kier alpha value is -1.81. The molecule has 4 heteroatoms. The van der Waals surface area contributed by atoms with Crippen molar-refractivity contribution in [2.24, 2.45) is 0 Å². The van der Waals surface area contributed by atoms with Crippen molar-refractivity contribution in [2.75, 3.05) is 26.7 Å². The SMILES string of the molecule is CN(C(=O)CN1CCC(c2cc3ccccc3[nH]2)CC1)C1CC1. The normalized spacial score (nSPS) is 20.0. The zero-order valence-electron chi connectivity index (χ0n) is 13.8. The number of hydrogen-bond donors (Lipinski definition) is 1. The van der Waals surface area contributed by atoms with E-state index in [4.69, 9.17) is 0 Å². The number of para-hydroxylation sites is 1. The van der Waals surface area contributed by atoms with Gasteiger partial charge in [0.15, 0.2) is 0 Å². The van der Waals surface area contributed by atoms with Crippen molar-refractivity contribution in [3.05, 3.63) is 36.0 Å². The largest absolute Gasteiger partial charge is 0.358 e. The van der Waals surface area contributed by atoms with Crippen LogP contribution >= 0.6 is 0 Å². The fraction of sp³-hybridized carbons (Fsp3) is 0.526. The summed E-state index contributed by atoms with van der Waals surface area (Å²) in [5.41, 5.74) is 2.58. The highest BCUT2D eigenvalue weighted by Gasteiger charge is 2.31. The molecule has 1 aliphatic carbocycles. The Kier molecular flexibility index (Phi) is 3.85. The first-order chi connectivity index (χ1) is 11.2. The van der Waals surface area contributed by atoms with E-state index in [9.17, 15) is 4.79 Å². The van der Waals surface area contributed by atoms with Gasteiger partial charge >= 0.3 is 0 Å². The van der Waals surface area contributed by atoms with Crippen molar-refractivity contribution in [2.45, 2.75) is 37.6 Å². The molecule has 4 nitrogen and oxygen atoms in total. The van der Waals surface area contributed by atoms with E-state index >= 15 is 0 Å². The van der Waals surface area contributed by atoms with Crippen molar-refractivity contribution in [1.82, 2.24) is 14.8 Å². The van der Waals surface area contributed by atoms with E-state index in [0.29, 0.717) is 18.5 Å². The van der Waals surface area contributed by atoms with E-state index in [2.05, 4.69) is 40.2 Å². The average Bonchev–Trinajstić information content (AvgIpc) is 3.33. The Bertz CT molecular complexity index is 662. The van der Waals surface area contributed by atoms with E-state index < -0.39 is 0 Å². The van der Waals surface area contributed by atoms with E-state index in [1.54, 1.807) is 0 Å². The lowest BCUT2D eigenvalue weighted by atomic mass is 9.93. The lowest BCUT2D eigenvalue weighted by Crippen LogP contribution is -2.42. The third-order valence-electron chi connectivity index (χ3n) is 5.43. The van der Waals surface area contributed by atoms with Crippen molar-refractivity contribution in [3.8, 4) is 0 Å². The molecule has 2 aliphatic rings. The number of carbonyl (C=O) groups is 1. The summed E-state index contributed by atoms with van der Waals surface area (Å²) in [6.07, 6.45) is 4.63. The molecule has 1 saturated heterocycles. The minimum absolute atomic E-state index is 0.288. The Morgan fingerprint density at radius 3 is 2.65 bits per heavy atom. The van der Waals surface area contributed by atoms with E-state index in [-0.39, 0.29) is 5.91 Å². The van der Waals surface area contributed by atoms with Gasteiger partial charge in [-0.3, -0.25) is 9.69 Å². The summed E-state index contributed by atoms with van der Waals surface area (Å²) in [6, 6.07) is 11.3. The number of likely N-dealkylation sites (tertiary alicyclic amines) is 1. The topological polar surface area (TPSA) is 39.3 Å². The number of piperidine rings is 1. The summed E-state index contributed by atoms with van der Waals surface area (Å²) >= 11 is 0. The first-order valence-electron chi connectivity index (χ1n) is 8.76. The lowest BCUT2D eigenvalue weighted by Gasteiger charge is -2.32. The number of benzene rings is 1. The van der Waals surface area contributed by atoms with Gasteiger partial charge in [0, 0.05) is 30.2 Å². The molecule has 0 unspecified atom stereocenters. The quantitative estimate of drug-likeness (QED) is 0.943. The Morgan fingerprint density at radius 2 is 1.96 bits per heavy atom. The van der Waals surface area contributed by atoms with Gasteiger partial charge in [-0.15, -0.1) is 0 Å². The molecule has 1 saturated carbocycles. The van der Waals surface area contributed by atoms with Crippen LogP contribution in [0.2, 0.25) is 0 Å². The highest BCUT2D eigenvalue weighted by Crippen LogP contribution is 2.30. The number of rotatable bonds is 4. The Morgan fingerprint density at radius 1 is 1.22 bits per heavy atom. The highest BCUT2D eigenvalue weighted by molar-refractivity contribution is 5.80. The maximum Gasteiger partial charge on any atom is 0.236 e. The fourth-order valence-electron chi connectivity index (χ4n) is 3.69. The summed E-state index contributed by atoms with van der Waals surface area (Å²) in [6.45, 7) is 2.63. The molecule has 1 amide bonds. The fourth-order valence-corrected chi connectivity index (χ4v) is 3.69. The van der Waals surface area contributed by atoms with Gasteiger partial charge in [0.1, 0.15) is 0 Å². The first kappa shape index (κ1) is 14.8. The molecule has 23 heavy (non-hydrogen) atoms. The maximum absolute atomic E-state index is 12.2. The molecule has 0 atom stereocenters. The molecule has 0 spiro atoms. The number of nitrogens with zero attached hydrogens (tertiary/aromatic N) is 2. The van der Waals surface area contributed by atoms with Crippen LogP contribution in [-0.4, -0.2) is 53.4 Å². The lowest BCUT2D eigenvalue weighted by molar-refractivity contribution is -0.131. The predicted molar refractivity (Wildman–Crippen MR) is 92.5 cm³/mol. The third kappa shape index (κ3) is 3.13. The van der Waals surface area contributed by atoms with Gasteiger partial charge in [-0.2, -0.15) is 0 Å². The highest BCUT2D eigenvalue weighted by atomic mass is 16.2. The standard InChI is InChI=1S/C19H25N3O/c1-21(16-6-7-16)19(23)13-22-10-8-14(9-11-22)18-12-15-4-2-3-5-17(15)20-18/h2-5,12,14,16,20H,6-11,13H2,1H3. The van der Waals surface area contributed by atoms with Gasteiger partial charge in [0.05, 0.1) is 6.54 Å². The summed E-state index contributed by atoms with van der Waals surface area (Å²) in [7, 11) is 1.96. The minimum atomic E-state index is 0.288. The number of aromatic nitrogens is 1. The van der Waals surface area contributed by atoms with Crippen molar-refractivity contribution < 1.29 is 4.79 Å². The molecule has 1 aliphatic heterocycles. The smallest absolute Gasteiger partial charge is 0.236 e. The monoisotopic (exact) mass is 311 g/mol. The van der Waals surface area contributed by atoms with Crippen LogP contribution in [0.3, 0.4) is 0 Å². The molecule has 2 fully saturated rings. The molecule has 1 N–H and O–H groups in total. The number of hydrogen-bond acceptors (Lipinski definition) is 2. The molecule has 122 valence electrons. The molecular formula is C19H25N3O. The van der Waals surface area contributed by atoms with Crippen molar-refractivity contribution >= 4 is 16.8 Å². The van der Waals surface area contributed by atoms with Gasteiger partial charge in [-0.05, 0) is 56.3 Å². The van der Waals surface area contributed by atoms with Gasteiger partial charge in [0.2, 0.25) is 5.91 Å². The second-order valence-electron chi connectivity index (χ2n) is 7.10. The second-order valence-corrected chi connectivity index (χ2v) is 7.10. The average molecular weight is 311 g/mol. The number of fused-ring (bicyclic) bond motifs is 1. The molecule has 2 heterocycles. The number of likely N-dealkylation sites (N-methyl/N-ethyl adjacent to an activating group) is 1. The first-order valence-corrected chi connectivity index (χ1v) is 8.76. The second kappa shape index (κ2) is 6.00. The number of amides is 1. The van der Waals surface area contributed by atoms with Crippen LogP contribution in [0, 0.1) is 0 Å². The van der Waals surface area contributed by atoms with Crippen LogP contribution in [0.4, 0.5) is 0 Å². The number of H-pyrrole nitrogens is 1. The summed E-state index contributed by atoms with van der Waals surface area (Å²) in [4.78, 5) is 20.1. The molecule has 0 bridgehead atoms. The van der Waals surface area contributed by atoms with E-state index in [0.717, 1.165) is 25.9 Å². The minimum Gasteiger partial charge on any atom is -0.358 e. The summed E-state index contributed by atoms with van der Waals surface area (Å²) in [5.74, 6) is 0.881. The third-order valence-corrected chi connectivity index (χ3v) is 5.43. The number of carbonyl (C=O) groups excluding carboxylic acids is 1. The van der Waals surface area contributed by atoms with Gasteiger partial charge in [-0.25, -0.2) is 0 Å². The van der Waals surface area contributed by atoms with Gasteiger partial charge < -0.3 is 9.88 Å².